The van der Waals surface area contributed by atoms with Gasteiger partial charge in [0.1, 0.15) is 11.5 Å². The highest BCUT2D eigenvalue weighted by molar-refractivity contribution is 6.32. The van der Waals surface area contributed by atoms with E-state index in [1.54, 1.807) is 12.1 Å². The van der Waals surface area contributed by atoms with Crippen molar-refractivity contribution in [1.29, 1.82) is 0 Å². The van der Waals surface area contributed by atoms with Crippen LogP contribution in [0.25, 0.3) is 0 Å². The number of carbonyl (C=O) groups is 2. The Morgan fingerprint density at radius 3 is 2.46 bits per heavy atom. The molecule has 0 radical (unpaired) electrons. The molecule has 0 aromatic heterocycles. The Morgan fingerprint density at radius 2 is 1.88 bits per heavy atom. The second-order valence-corrected chi connectivity index (χ2v) is 6.41. The Bertz CT molecular complexity index is 647. The molecular formula is C18H25ClN2O5. The number of hydrogen-bond donors (Lipinski definition) is 1. The Kier molecular flexibility index (Phi) is 7.53. The van der Waals surface area contributed by atoms with Gasteiger partial charge in [-0.3, -0.25) is 9.59 Å². The second-order valence-electron chi connectivity index (χ2n) is 6.01. The van der Waals surface area contributed by atoms with Crippen LogP contribution in [-0.4, -0.2) is 52.3 Å². The van der Waals surface area contributed by atoms with Gasteiger partial charge >= 0.3 is 0 Å². The summed E-state index contributed by atoms with van der Waals surface area (Å²) in [5.74, 6) is 0.701. The number of halogens is 1. The monoisotopic (exact) mass is 384 g/mol. The fourth-order valence-corrected chi connectivity index (χ4v) is 3.13. The molecule has 0 saturated carbocycles. The lowest BCUT2D eigenvalue weighted by molar-refractivity contribution is -0.127. The summed E-state index contributed by atoms with van der Waals surface area (Å²) >= 11 is 6.12. The smallest absolute Gasteiger partial charge is 0.224 e. The minimum atomic E-state index is -0.173. The zero-order chi connectivity index (χ0) is 19.1. The third kappa shape index (κ3) is 5.02. The first kappa shape index (κ1) is 20.3. The summed E-state index contributed by atoms with van der Waals surface area (Å²) in [6.07, 6.45) is 1.45. The third-order valence-corrected chi connectivity index (χ3v) is 4.65. The van der Waals surface area contributed by atoms with Gasteiger partial charge in [0.25, 0.3) is 0 Å². The summed E-state index contributed by atoms with van der Waals surface area (Å²) in [7, 11) is 3.01. The van der Waals surface area contributed by atoms with Gasteiger partial charge in [-0.25, -0.2) is 0 Å². The molecule has 0 bridgehead atoms. The van der Waals surface area contributed by atoms with Crippen molar-refractivity contribution in [2.24, 2.45) is 5.92 Å². The highest BCUT2D eigenvalue weighted by atomic mass is 35.5. The molecule has 0 spiro atoms. The summed E-state index contributed by atoms with van der Waals surface area (Å²) in [6, 6.07) is 3.26. The fraction of sp³-hybridized carbons (Fsp3) is 0.556. The van der Waals surface area contributed by atoms with Crippen LogP contribution in [0.5, 0.6) is 11.5 Å². The normalized spacial score (nSPS) is 14.6. The molecule has 1 aliphatic heterocycles. The maximum atomic E-state index is 12.2. The number of nitrogens with one attached hydrogen (secondary N) is 1. The van der Waals surface area contributed by atoms with E-state index < -0.39 is 0 Å². The molecule has 7 nitrogen and oxygen atoms in total. The predicted octanol–water partition coefficient (Wildman–Crippen LogP) is 2.25. The highest BCUT2D eigenvalue weighted by Gasteiger charge is 2.23. The quantitative estimate of drug-likeness (QED) is 0.780. The van der Waals surface area contributed by atoms with Gasteiger partial charge in [-0.05, 0) is 12.8 Å². The Hall–Kier alpha value is -1.99. The summed E-state index contributed by atoms with van der Waals surface area (Å²) in [4.78, 5) is 25.9. The average Bonchev–Trinajstić information content (AvgIpc) is 2.65. The van der Waals surface area contributed by atoms with Crippen LogP contribution in [0, 0.1) is 5.92 Å². The number of hydrogen-bond acceptors (Lipinski definition) is 5. The van der Waals surface area contributed by atoms with Crippen LogP contribution in [0.15, 0.2) is 12.1 Å². The molecule has 1 aliphatic rings. The van der Waals surface area contributed by atoms with Gasteiger partial charge in [0, 0.05) is 51.3 Å². The topological polar surface area (TPSA) is 77.1 Å². The summed E-state index contributed by atoms with van der Waals surface area (Å²) in [6.45, 7) is 3.33. The number of carbonyl (C=O) groups excluding carboxylic acids is 2. The number of rotatable bonds is 7. The van der Waals surface area contributed by atoms with Crippen molar-refractivity contribution >= 4 is 29.1 Å². The van der Waals surface area contributed by atoms with Gasteiger partial charge < -0.3 is 24.4 Å². The van der Waals surface area contributed by atoms with Crippen molar-refractivity contribution < 1.29 is 23.8 Å². The number of ether oxygens (including phenoxy) is 3. The number of benzene rings is 1. The number of nitrogens with zero attached hydrogens (tertiary/aromatic N) is 1. The molecule has 0 aliphatic carbocycles. The van der Waals surface area contributed by atoms with Crippen LogP contribution in [0.2, 0.25) is 5.02 Å². The number of anilines is 1. The summed E-state index contributed by atoms with van der Waals surface area (Å²) < 4.78 is 15.8. The Morgan fingerprint density at radius 1 is 1.23 bits per heavy atom. The van der Waals surface area contributed by atoms with Gasteiger partial charge in [-0.2, -0.15) is 0 Å². The van der Waals surface area contributed by atoms with Crippen LogP contribution in [0.4, 0.5) is 5.69 Å². The Labute approximate surface area is 158 Å². The first-order valence-corrected chi connectivity index (χ1v) is 8.90. The molecule has 1 heterocycles. The third-order valence-electron chi connectivity index (χ3n) is 4.35. The van der Waals surface area contributed by atoms with Gasteiger partial charge in [0.2, 0.25) is 11.8 Å². The van der Waals surface area contributed by atoms with E-state index in [9.17, 15) is 9.59 Å². The van der Waals surface area contributed by atoms with Crippen molar-refractivity contribution in [3.63, 3.8) is 0 Å². The summed E-state index contributed by atoms with van der Waals surface area (Å²) in [5.41, 5.74) is 0.543. The molecule has 8 heteroatoms. The molecule has 1 aromatic rings. The van der Waals surface area contributed by atoms with Gasteiger partial charge in [0.15, 0.2) is 0 Å². The molecule has 2 rings (SSSR count). The van der Waals surface area contributed by atoms with Gasteiger partial charge in [-0.1, -0.05) is 11.6 Å². The van der Waals surface area contributed by atoms with Crippen LogP contribution in [0.1, 0.15) is 19.8 Å². The molecule has 1 aromatic carbocycles. The van der Waals surface area contributed by atoms with Gasteiger partial charge in [-0.15, -0.1) is 0 Å². The van der Waals surface area contributed by atoms with E-state index >= 15 is 0 Å². The van der Waals surface area contributed by atoms with E-state index in [0.717, 1.165) is 12.8 Å². The maximum absolute atomic E-state index is 12.2. The minimum Gasteiger partial charge on any atom is -0.495 e. The zero-order valence-corrected chi connectivity index (χ0v) is 16.1. The van der Waals surface area contributed by atoms with Crippen molar-refractivity contribution in [3.8, 4) is 11.5 Å². The molecular weight excluding hydrogens is 360 g/mol. The average molecular weight is 385 g/mol. The largest absolute Gasteiger partial charge is 0.495 e. The highest BCUT2D eigenvalue weighted by Crippen LogP contribution is 2.38. The minimum absolute atomic E-state index is 0.00236. The van der Waals surface area contributed by atoms with Crippen LogP contribution in [0.3, 0.4) is 0 Å². The van der Waals surface area contributed by atoms with Crippen LogP contribution >= 0.6 is 11.6 Å². The Balaban J connectivity index is 2.07. The fourth-order valence-electron chi connectivity index (χ4n) is 2.90. The van der Waals surface area contributed by atoms with Crippen molar-refractivity contribution in [2.75, 3.05) is 45.4 Å². The first-order valence-electron chi connectivity index (χ1n) is 8.53. The lowest BCUT2D eigenvalue weighted by atomic mass is 9.99. The molecule has 26 heavy (non-hydrogen) atoms. The maximum Gasteiger partial charge on any atom is 0.224 e. The van der Waals surface area contributed by atoms with Gasteiger partial charge in [0.05, 0.1) is 24.9 Å². The SMILES string of the molecule is COc1cc(N(CCNC(=O)C2CCOCC2)C(C)=O)c(OC)cc1Cl. The molecule has 1 fully saturated rings. The van der Waals surface area contributed by atoms with E-state index in [4.69, 9.17) is 25.8 Å². The molecule has 1 N–H and O–H groups in total. The lowest BCUT2D eigenvalue weighted by Gasteiger charge is -2.25. The first-order chi connectivity index (χ1) is 12.5. The molecule has 0 unspecified atom stereocenters. The second kappa shape index (κ2) is 9.64. The standard InChI is InChI=1S/C18H25ClN2O5/c1-12(22)21(7-6-20-18(23)13-4-8-26-9-5-13)15-11-16(24-2)14(19)10-17(15)25-3/h10-11,13H,4-9H2,1-3H3,(H,20,23). The lowest BCUT2D eigenvalue weighted by Crippen LogP contribution is -2.40. The van der Waals surface area contributed by atoms with Crippen molar-refractivity contribution in [2.45, 2.75) is 19.8 Å². The zero-order valence-electron chi connectivity index (χ0n) is 15.3. The van der Waals surface area contributed by atoms with E-state index in [1.165, 1.54) is 26.0 Å². The molecule has 0 atom stereocenters. The van der Waals surface area contributed by atoms with E-state index in [-0.39, 0.29) is 17.7 Å². The predicted molar refractivity (Wildman–Crippen MR) is 99.1 cm³/mol. The van der Waals surface area contributed by atoms with E-state index in [1.807, 2.05) is 0 Å². The van der Waals surface area contributed by atoms with Crippen molar-refractivity contribution in [3.05, 3.63) is 17.2 Å². The van der Waals surface area contributed by atoms with Crippen molar-refractivity contribution in [1.82, 2.24) is 5.32 Å². The van der Waals surface area contributed by atoms with Crippen LogP contribution < -0.4 is 19.7 Å². The van der Waals surface area contributed by atoms with E-state index in [2.05, 4.69) is 5.32 Å². The molecule has 1 saturated heterocycles. The summed E-state index contributed by atoms with van der Waals surface area (Å²) in [5, 5.41) is 3.29. The van der Waals surface area contributed by atoms with E-state index in [0.29, 0.717) is 48.5 Å². The molecule has 144 valence electrons. The number of amides is 2. The van der Waals surface area contributed by atoms with Crippen LogP contribution in [-0.2, 0) is 14.3 Å². The number of methoxy groups -OCH3 is 2. The molecule has 2 amide bonds.